The number of methoxy groups -OCH3 is 1. The Kier molecular flexibility index (Phi) is 3.69. The summed E-state index contributed by atoms with van der Waals surface area (Å²) in [4.78, 5) is 14.6. The molecule has 164 valence electrons. The van der Waals surface area contributed by atoms with E-state index < -0.39 is 29.5 Å². The van der Waals surface area contributed by atoms with E-state index in [1.54, 1.807) is 6.92 Å². The molecule has 8 nitrogen and oxygen atoms in total. The number of carbonyl (C=O) groups excluding carboxylic acids is 1. The summed E-state index contributed by atoms with van der Waals surface area (Å²) in [6.07, 6.45) is 0.284. The van der Waals surface area contributed by atoms with E-state index in [2.05, 4.69) is 11.8 Å². The first-order chi connectivity index (χ1) is 14.3. The second-order valence-corrected chi connectivity index (χ2v) is 9.63. The van der Waals surface area contributed by atoms with Crippen LogP contribution in [0.3, 0.4) is 0 Å². The lowest BCUT2D eigenvalue weighted by Gasteiger charge is -2.50. The molecular formula is C22H29NO7. The first kappa shape index (κ1) is 19.1. The van der Waals surface area contributed by atoms with Gasteiger partial charge in [0.25, 0.3) is 0 Å². The number of piperidine rings is 1. The summed E-state index contributed by atoms with van der Waals surface area (Å²) in [5, 5.41) is 21.8. The fourth-order valence-electron chi connectivity index (χ4n) is 7.69. The minimum atomic E-state index is -0.887. The Morgan fingerprint density at radius 2 is 2.13 bits per heavy atom. The van der Waals surface area contributed by atoms with Crippen molar-refractivity contribution in [1.29, 1.82) is 0 Å². The van der Waals surface area contributed by atoms with Crippen LogP contribution in [0.2, 0.25) is 0 Å². The van der Waals surface area contributed by atoms with Gasteiger partial charge in [0.2, 0.25) is 11.5 Å². The van der Waals surface area contributed by atoms with Crippen LogP contribution in [0.25, 0.3) is 0 Å². The molecule has 30 heavy (non-hydrogen) atoms. The molecule has 6 aliphatic heterocycles. The molecule has 1 spiro atoms. The van der Waals surface area contributed by atoms with E-state index in [0.717, 1.165) is 19.4 Å². The largest absolute Gasteiger partial charge is 0.492 e. The molecule has 5 bridgehead atoms. The van der Waals surface area contributed by atoms with Crippen molar-refractivity contribution in [1.82, 2.24) is 4.90 Å². The Hall–Kier alpha value is -1.61. The van der Waals surface area contributed by atoms with Gasteiger partial charge in [0.05, 0.1) is 36.3 Å². The third kappa shape index (κ3) is 1.79. The lowest BCUT2D eigenvalue weighted by Crippen LogP contribution is -2.67. The highest BCUT2D eigenvalue weighted by molar-refractivity contribution is 5.93. The minimum absolute atomic E-state index is 0.0257. The number of carbonyl (C=O) groups is 1. The molecule has 10 atom stereocenters. The van der Waals surface area contributed by atoms with Gasteiger partial charge in [0.1, 0.15) is 11.9 Å². The number of allylic oxidation sites excluding steroid dienone is 1. The van der Waals surface area contributed by atoms with E-state index >= 15 is 0 Å². The van der Waals surface area contributed by atoms with Crippen LogP contribution in [-0.4, -0.2) is 70.4 Å². The smallest absolute Gasteiger partial charge is 0.343 e. The van der Waals surface area contributed by atoms with Crippen molar-refractivity contribution in [3.05, 3.63) is 22.9 Å². The monoisotopic (exact) mass is 419 g/mol. The summed E-state index contributed by atoms with van der Waals surface area (Å²) in [7, 11) is 1.52. The lowest BCUT2D eigenvalue weighted by molar-refractivity contribution is -0.257. The number of aliphatic hydroxyl groups is 2. The number of hydrogen-bond acceptors (Lipinski definition) is 8. The van der Waals surface area contributed by atoms with Crippen molar-refractivity contribution in [2.45, 2.75) is 75.7 Å². The highest BCUT2D eigenvalue weighted by Crippen LogP contribution is 2.73. The summed E-state index contributed by atoms with van der Waals surface area (Å²) in [5.41, 5.74) is -0.181. The molecule has 8 heteroatoms. The summed E-state index contributed by atoms with van der Waals surface area (Å²) in [5.74, 6) is 0.0837. The number of esters is 1. The van der Waals surface area contributed by atoms with Gasteiger partial charge in [0, 0.05) is 17.9 Å². The lowest BCUT2D eigenvalue weighted by atomic mass is 9.68. The van der Waals surface area contributed by atoms with Crippen molar-refractivity contribution >= 4 is 5.97 Å². The Labute approximate surface area is 175 Å². The standard InChI is InChI=1S/C22H29NO7/c1-5-12(24)19(25)21-13-6-7-23(21)11-8-14(21)29-22(13)15(11)9(2)17(30-22)18-16(27-4)10(3)20(26)28-18/h9,11-15,19,24-25H,5-8H2,1-4H3/b18-17-/t9-,11?,12-,13?,14?,15?,19+,21?,22-/m1/s1. The van der Waals surface area contributed by atoms with Gasteiger partial charge in [-0.3, -0.25) is 4.90 Å². The fraction of sp³-hybridized carbons (Fsp3) is 0.773. The zero-order valence-corrected chi connectivity index (χ0v) is 17.8. The van der Waals surface area contributed by atoms with Crippen LogP contribution in [0, 0.1) is 17.8 Å². The maximum absolute atomic E-state index is 12.2. The molecule has 6 rings (SSSR count). The van der Waals surface area contributed by atoms with Crippen molar-refractivity contribution < 1.29 is 34.0 Å². The molecule has 0 radical (unpaired) electrons. The van der Waals surface area contributed by atoms with Crippen LogP contribution in [-0.2, 0) is 23.7 Å². The topological polar surface area (TPSA) is 97.7 Å². The highest BCUT2D eigenvalue weighted by Gasteiger charge is 2.86. The van der Waals surface area contributed by atoms with Gasteiger partial charge in [-0.15, -0.1) is 0 Å². The summed E-state index contributed by atoms with van der Waals surface area (Å²) < 4.78 is 24.3. The molecule has 6 aliphatic rings. The molecule has 0 amide bonds. The minimum Gasteiger partial charge on any atom is -0.492 e. The van der Waals surface area contributed by atoms with Crippen LogP contribution < -0.4 is 0 Å². The molecule has 0 aromatic rings. The highest BCUT2D eigenvalue weighted by atomic mass is 16.7. The maximum atomic E-state index is 12.2. The van der Waals surface area contributed by atoms with Gasteiger partial charge in [-0.2, -0.15) is 0 Å². The normalized spacial score (nSPS) is 52.0. The summed E-state index contributed by atoms with van der Waals surface area (Å²) in [6.45, 7) is 6.54. The predicted octanol–water partition coefficient (Wildman–Crippen LogP) is 1.03. The van der Waals surface area contributed by atoms with Crippen LogP contribution in [0.15, 0.2) is 22.9 Å². The Morgan fingerprint density at radius 3 is 2.83 bits per heavy atom. The molecule has 0 aliphatic carbocycles. The molecule has 5 saturated heterocycles. The number of nitrogens with zero attached hydrogens (tertiary/aromatic N) is 1. The molecule has 0 saturated carbocycles. The third-order valence-corrected chi connectivity index (χ3v) is 8.73. The first-order valence-electron chi connectivity index (χ1n) is 11.0. The fourth-order valence-corrected chi connectivity index (χ4v) is 7.69. The number of fused-ring (bicyclic) bond motifs is 1. The van der Waals surface area contributed by atoms with Crippen molar-refractivity contribution in [3.63, 3.8) is 0 Å². The second-order valence-electron chi connectivity index (χ2n) is 9.63. The van der Waals surface area contributed by atoms with Crippen molar-refractivity contribution in [2.24, 2.45) is 17.8 Å². The summed E-state index contributed by atoms with van der Waals surface area (Å²) in [6, 6.07) is 0.197. The number of aliphatic hydroxyl groups excluding tert-OH is 2. The van der Waals surface area contributed by atoms with Gasteiger partial charge >= 0.3 is 5.97 Å². The first-order valence-corrected chi connectivity index (χ1v) is 11.0. The SMILES string of the molecule is CC[C@@H](O)[C@H](O)C12C3CC4C5[C@@H](C)/C(=C6/OC(=O)C(C)=C6OC)O[C@]5(O3)C1CCN42. The van der Waals surface area contributed by atoms with Gasteiger partial charge in [0.15, 0.2) is 5.76 Å². The van der Waals surface area contributed by atoms with Gasteiger partial charge in [-0.1, -0.05) is 13.8 Å². The maximum Gasteiger partial charge on any atom is 0.343 e. The average Bonchev–Trinajstić information content (AvgIpc) is 3.45. The summed E-state index contributed by atoms with van der Waals surface area (Å²) >= 11 is 0. The molecule has 0 aromatic carbocycles. The van der Waals surface area contributed by atoms with Crippen molar-refractivity contribution in [3.8, 4) is 0 Å². The van der Waals surface area contributed by atoms with Crippen LogP contribution in [0.5, 0.6) is 0 Å². The number of hydrogen-bond donors (Lipinski definition) is 2. The number of cyclic esters (lactones) is 1. The van der Waals surface area contributed by atoms with E-state index in [0.29, 0.717) is 29.3 Å². The Balaban J connectivity index is 1.48. The van der Waals surface area contributed by atoms with Crippen molar-refractivity contribution in [2.75, 3.05) is 13.7 Å². The number of rotatable bonds is 4. The molecule has 6 unspecified atom stereocenters. The molecule has 6 heterocycles. The number of ether oxygens (including phenoxy) is 4. The second kappa shape index (κ2) is 5.79. The Bertz CT molecular complexity index is 898. The molecule has 0 aromatic heterocycles. The molecule has 5 fully saturated rings. The van der Waals surface area contributed by atoms with E-state index in [9.17, 15) is 15.0 Å². The average molecular weight is 419 g/mol. The predicted molar refractivity (Wildman–Crippen MR) is 102 cm³/mol. The molecule has 2 N–H and O–H groups in total. The third-order valence-electron chi connectivity index (χ3n) is 8.73. The van der Waals surface area contributed by atoms with Crippen LogP contribution >= 0.6 is 0 Å². The van der Waals surface area contributed by atoms with Gasteiger partial charge in [-0.25, -0.2) is 4.79 Å². The zero-order chi connectivity index (χ0) is 21.2. The van der Waals surface area contributed by atoms with E-state index in [-0.39, 0.29) is 29.9 Å². The Morgan fingerprint density at radius 1 is 1.37 bits per heavy atom. The quantitative estimate of drug-likeness (QED) is 0.653. The van der Waals surface area contributed by atoms with E-state index in [4.69, 9.17) is 18.9 Å². The van der Waals surface area contributed by atoms with Gasteiger partial charge in [-0.05, 0) is 32.7 Å². The van der Waals surface area contributed by atoms with E-state index in [1.165, 1.54) is 7.11 Å². The zero-order valence-electron chi connectivity index (χ0n) is 17.8. The van der Waals surface area contributed by atoms with Gasteiger partial charge < -0.3 is 29.2 Å². The van der Waals surface area contributed by atoms with E-state index in [1.807, 2.05) is 6.92 Å². The van der Waals surface area contributed by atoms with Crippen LogP contribution in [0.1, 0.15) is 40.0 Å². The van der Waals surface area contributed by atoms with Crippen LogP contribution in [0.4, 0.5) is 0 Å². The molecular weight excluding hydrogens is 390 g/mol.